The van der Waals surface area contributed by atoms with Crippen LogP contribution in [0.4, 0.5) is 0 Å². The molecule has 1 radical (unpaired) electrons. The molecule has 0 aliphatic heterocycles. The van der Waals surface area contributed by atoms with Crippen LogP contribution in [0.5, 0.6) is 0 Å². The van der Waals surface area contributed by atoms with Crippen LogP contribution < -0.4 is 0 Å². The van der Waals surface area contributed by atoms with Gasteiger partial charge in [-0.05, 0) is 0 Å². The van der Waals surface area contributed by atoms with Crippen LogP contribution in [-0.2, 0) is 17.1 Å². The summed E-state index contributed by atoms with van der Waals surface area (Å²) in [5.74, 6) is 0. The number of hydrogen-bond donors (Lipinski definition) is 0. The molecule has 3 heteroatoms. The quantitative estimate of drug-likeness (QED) is 0.460. The van der Waals surface area contributed by atoms with Crippen LogP contribution in [0.2, 0.25) is 0 Å². The molecule has 0 aromatic rings. The standard InChI is InChI=1S/C2H3N.ClH.Cu/c1-2-3;;/h1H3;1H;. The van der Waals surface area contributed by atoms with Crippen molar-refractivity contribution in [3.05, 3.63) is 0 Å². The van der Waals surface area contributed by atoms with Crippen molar-refractivity contribution in [3.8, 4) is 6.07 Å². The first-order valence-corrected chi connectivity index (χ1v) is 0.724. The molecule has 0 spiro atoms. The van der Waals surface area contributed by atoms with Crippen molar-refractivity contribution >= 4 is 12.4 Å². The molecule has 0 aliphatic rings. The molecule has 0 aromatic heterocycles. The molecule has 0 amide bonds. The maximum absolute atomic E-state index is 7.32. The summed E-state index contributed by atoms with van der Waals surface area (Å²) in [4.78, 5) is 0. The average Bonchev–Trinajstić information content (AvgIpc) is 0.918. The monoisotopic (exact) mass is 140 g/mol. The summed E-state index contributed by atoms with van der Waals surface area (Å²) in [7, 11) is 0. The molecule has 0 aromatic carbocycles. The molecule has 0 atom stereocenters. The fourth-order valence-corrected chi connectivity index (χ4v) is 0. The van der Waals surface area contributed by atoms with E-state index in [-0.39, 0.29) is 29.5 Å². The van der Waals surface area contributed by atoms with Gasteiger partial charge in [-0.15, -0.1) is 12.4 Å². The van der Waals surface area contributed by atoms with Gasteiger partial charge in [0.1, 0.15) is 0 Å². The number of rotatable bonds is 0. The van der Waals surface area contributed by atoms with E-state index in [1.165, 1.54) is 6.92 Å². The van der Waals surface area contributed by atoms with E-state index in [0.717, 1.165) is 0 Å². The minimum atomic E-state index is 0. The third kappa shape index (κ3) is 253. The Morgan fingerprint density at radius 1 is 1.60 bits per heavy atom. The molecular formula is C2H4ClCuN. The van der Waals surface area contributed by atoms with Crippen molar-refractivity contribution in [2.75, 3.05) is 0 Å². The van der Waals surface area contributed by atoms with Crippen molar-refractivity contribution < 1.29 is 17.1 Å². The van der Waals surface area contributed by atoms with Crippen molar-refractivity contribution in [2.45, 2.75) is 6.92 Å². The van der Waals surface area contributed by atoms with Gasteiger partial charge in [0.2, 0.25) is 0 Å². The van der Waals surface area contributed by atoms with Gasteiger partial charge < -0.3 is 0 Å². The molecular weight excluding hydrogens is 137 g/mol. The maximum atomic E-state index is 7.32. The van der Waals surface area contributed by atoms with Gasteiger partial charge in [-0.2, -0.15) is 5.26 Å². The van der Waals surface area contributed by atoms with Crippen molar-refractivity contribution in [1.82, 2.24) is 0 Å². The van der Waals surface area contributed by atoms with Gasteiger partial charge in [0.05, 0.1) is 6.07 Å². The predicted molar refractivity (Wildman–Crippen MR) is 18.5 cm³/mol. The molecule has 5 heavy (non-hydrogen) atoms. The minimum absolute atomic E-state index is 0. The van der Waals surface area contributed by atoms with Crippen molar-refractivity contribution in [2.24, 2.45) is 0 Å². The van der Waals surface area contributed by atoms with Gasteiger partial charge in [-0.1, -0.05) is 0 Å². The van der Waals surface area contributed by atoms with Gasteiger partial charge in [0, 0.05) is 24.0 Å². The van der Waals surface area contributed by atoms with E-state index in [0.29, 0.717) is 0 Å². The number of nitriles is 1. The second-order valence-corrected chi connectivity index (χ2v) is 0.224. The first kappa shape index (κ1) is 18.5. The molecule has 35 valence electrons. The maximum Gasteiger partial charge on any atom is 0.0587 e. The van der Waals surface area contributed by atoms with Crippen molar-refractivity contribution in [3.63, 3.8) is 0 Å². The zero-order chi connectivity index (χ0) is 2.71. The van der Waals surface area contributed by atoms with Crippen LogP contribution >= 0.6 is 12.4 Å². The summed E-state index contributed by atoms with van der Waals surface area (Å²) in [6, 6.07) is 1.75. The normalized spacial score (nSPS) is 1.60. The van der Waals surface area contributed by atoms with Crippen LogP contribution in [-0.4, -0.2) is 0 Å². The third-order valence-electron chi connectivity index (χ3n) is 0. The molecule has 0 rings (SSSR count). The van der Waals surface area contributed by atoms with E-state index < -0.39 is 0 Å². The van der Waals surface area contributed by atoms with Gasteiger partial charge >= 0.3 is 0 Å². The Balaban J connectivity index is -0.0000000200. The van der Waals surface area contributed by atoms with Gasteiger partial charge in [0.15, 0.2) is 0 Å². The number of nitrogens with zero attached hydrogens (tertiary/aromatic N) is 1. The van der Waals surface area contributed by atoms with Crippen LogP contribution in [0.15, 0.2) is 0 Å². The van der Waals surface area contributed by atoms with E-state index in [1.54, 1.807) is 6.07 Å². The molecule has 0 aliphatic carbocycles. The zero-order valence-electron chi connectivity index (χ0n) is 2.66. The molecule has 0 bridgehead atoms. The topological polar surface area (TPSA) is 23.8 Å². The Morgan fingerprint density at radius 3 is 1.60 bits per heavy atom. The number of hydrogen-bond acceptors (Lipinski definition) is 1. The molecule has 0 fully saturated rings. The van der Waals surface area contributed by atoms with Crippen LogP contribution in [0.3, 0.4) is 0 Å². The molecule has 0 N–H and O–H groups in total. The van der Waals surface area contributed by atoms with Crippen LogP contribution in [0.25, 0.3) is 0 Å². The van der Waals surface area contributed by atoms with E-state index in [9.17, 15) is 0 Å². The van der Waals surface area contributed by atoms with Gasteiger partial charge in [0.25, 0.3) is 0 Å². The summed E-state index contributed by atoms with van der Waals surface area (Å²) >= 11 is 0. The summed E-state index contributed by atoms with van der Waals surface area (Å²) < 4.78 is 0. The molecule has 0 saturated heterocycles. The molecule has 0 unspecified atom stereocenters. The SMILES string of the molecule is CC#N.Cl.[Cu]. The smallest absolute Gasteiger partial charge is 0.0587 e. The Morgan fingerprint density at radius 2 is 1.60 bits per heavy atom. The van der Waals surface area contributed by atoms with Crippen molar-refractivity contribution in [1.29, 1.82) is 5.26 Å². The first-order valence-electron chi connectivity index (χ1n) is 0.724. The minimum Gasteiger partial charge on any atom is -0.199 e. The predicted octanol–water partition coefficient (Wildman–Crippen LogP) is 0.949. The third-order valence-corrected chi connectivity index (χ3v) is 0. The van der Waals surface area contributed by atoms with Crippen LogP contribution in [0.1, 0.15) is 6.92 Å². The van der Waals surface area contributed by atoms with E-state index in [1.807, 2.05) is 0 Å². The average molecular weight is 141 g/mol. The van der Waals surface area contributed by atoms with Gasteiger partial charge in [-0.3, -0.25) is 0 Å². The second kappa shape index (κ2) is 27.7. The van der Waals surface area contributed by atoms with E-state index in [4.69, 9.17) is 5.26 Å². The first-order chi connectivity index (χ1) is 1.41. The van der Waals surface area contributed by atoms with Gasteiger partial charge in [-0.25, -0.2) is 0 Å². The van der Waals surface area contributed by atoms with Crippen LogP contribution in [0, 0.1) is 11.3 Å². The summed E-state index contributed by atoms with van der Waals surface area (Å²) in [6.07, 6.45) is 0. The fourth-order valence-electron chi connectivity index (χ4n) is 0. The summed E-state index contributed by atoms with van der Waals surface area (Å²) in [5, 5.41) is 7.32. The van der Waals surface area contributed by atoms with E-state index in [2.05, 4.69) is 0 Å². The second-order valence-electron chi connectivity index (χ2n) is 0.224. The largest absolute Gasteiger partial charge is 0.199 e. The molecule has 0 heterocycles. The molecule has 1 nitrogen and oxygen atoms in total. The Hall–Kier alpha value is 0.299. The molecule has 0 saturated carbocycles. The zero-order valence-corrected chi connectivity index (χ0v) is 4.42. The number of halogens is 1. The summed E-state index contributed by atoms with van der Waals surface area (Å²) in [5.41, 5.74) is 0. The summed E-state index contributed by atoms with van der Waals surface area (Å²) in [6.45, 7) is 1.43. The Kier molecular flexibility index (Phi) is 103. The fraction of sp³-hybridized carbons (Fsp3) is 0.500. The van der Waals surface area contributed by atoms with E-state index >= 15 is 0 Å². The Labute approximate surface area is 48.2 Å². The Bertz CT molecular complexity index is 31.1.